The number of aromatic amines is 1. The summed E-state index contributed by atoms with van der Waals surface area (Å²) < 4.78 is 1.37. The maximum Gasteiger partial charge on any atom is 0.344 e. The number of nitrogens with one attached hydrogen (secondary N) is 2. The first kappa shape index (κ1) is 19.8. The van der Waals surface area contributed by atoms with Crippen molar-refractivity contribution in [3.8, 4) is 11.4 Å². The van der Waals surface area contributed by atoms with Gasteiger partial charge < -0.3 is 10.2 Å². The molecule has 2 aromatic heterocycles. The normalized spacial score (nSPS) is 14.7. The molecule has 0 spiro atoms. The molecule has 0 aliphatic carbocycles. The number of aryl methyl sites for hydroxylation is 1. The third kappa shape index (κ3) is 4.38. The molecule has 1 amide bonds. The predicted molar refractivity (Wildman–Crippen MR) is 113 cm³/mol. The van der Waals surface area contributed by atoms with Gasteiger partial charge in [-0.1, -0.05) is 18.7 Å². The lowest BCUT2D eigenvalue weighted by atomic mass is 10.0. The second kappa shape index (κ2) is 8.46. The zero-order chi connectivity index (χ0) is 21.1. The number of anilines is 1. The highest BCUT2D eigenvalue weighted by Crippen LogP contribution is 2.21. The topological polar surface area (TPSA) is 108 Å². The zero-order valence-corrected chi connectivity index (χ0v) is 17.2. The van der Waals surface area contributed by atoms with Crippen LogP contribution in [0.4, 0.5) is 10.6 Å². The fraction of sp³-hybridized carbons (Fsp3) is 0.350. The number of aromatic nitrogens is 6. The summed E-state index contributed by atoms with van der Waals surface area (Å²) in [4.78, 5) is 16.9. The van der Waals surface area contributed by atoms with E-state index in [0.717, 1.165) is 36.5 Å². The minimum atomic E-state index is -0.112. The van der Waals surface area contributed by atoms with E-state index in [1.54, 1.807) is 12.3 Å². The van der Waals surface area contributed by atoms with E-state index in [-0.39, 0.29) is 6.03 Å². The molecule has 1 aromatic carbocycles. The highest BCUT2D eigenvalue weighted by molar-refractivity contribution is 5.76. The van der Waals surface area contributed by atoms with E-state index in [9.17, 15) is 4.79 Å². The minimum absolute atomic E-state index is 0.112. The number of allylic oxidation sites excluding steroid dienone is 1. The van der Waals surface area contributed by atoms with Crippen LogP contribution in [0.5, 0.6) is 0 Å². The molecule has 0 atom stereocenters. The average molecular weight is 407 g/mol. The van der Waals surface area contributed by atoms with Crippen molar-refractivity contribution in [2.24, 2.45) is 0 Å². The summed E-state index contributed by atoms with van der Waals surface area (Å²) in [5.74, 6) is 1.22. The molecule has 1 aliphatic heterocycles. The number of nitrogens with zero attached hydrogens (tertiary/aromatic N) is 7. The van der Waals surface area contributed by atoms with E-state index in [1.165, 1.54) is 10.2 Å². The summed E-state index contributed by atoms with van der Waals surface area (Å²) in [7, 11) is 0. The Labute approximate surface area is 174 Å². The van der Waals surface area contributed by atoms with Gasteiger partial charge in [-0.15, -0.1) is 15.3 Å². The van der Waals surface area contributed by atoms with Crippen LogP contribution >= 0.6 is 0 Å². The maximum atomic E-state index is 12.7. The Morgan fingerprint density at radius 3 is 2.73 bits per heavy atom. The van der Waals surface area contributed by atoms with Crippen molar-refractivity contribution in [1.82, 2.24) is 40.2 Å². The van der Waals surface area contributed by atoms with Crippen molar-refractivity contribution >= 4 is 11.8 Å². The number of amides is 1. The van der Waals surface area contributed by atoms with Crippen LogP contribution in [0.2, 0.25) is 0 Å². The molecular weight excluding hydrogens is 382 g/mol. The number of carbonyl (C=O) groups excluding carboxylic acids is 1. The molecule has 0 saturated carbocycles. The van der Waals surface area contributed by atoms with E-state index >= 15 is 0 Å². The Bertz CT molecular complexity index is 1030. The van der Waals surface area contributed by atoms with Crippen LogP contribution in [-0.2, 0) is 6.54 Å². The zero-order valence-electron chi connectivity index (χ0n) is 17.2. The molecule has 3 heterocycles. The van der Waals surface area contributed by atoms with Gasteiger partial charge in [0, 0.05) is 56.2 Å². The smallest absolute Gasteiger partial charge is 0.343 e. The SMILES string of the molecule is C=C(C)Nc1ccn(C(=O)N2CCN(Cc3ccc(C)c(-c4nn[nH]n4)c3)CC2)n1. The molecule has 3 aromatic rings. The molecule has 0 radical (unpaired) electrons. The van der Waals surface area contributed by atoms with Crippen molar-refractivity contribution in [3.63, 3.8) is 0 Å². The van der Waals surface area contributed by atoms with E-state index in [2.05, 4.69) is 60.7 Å². The number of hydrogen-bond acceptors (Lipinski definition) is 7. The van der Waals surface area contributed by atoms with Crippen LogP contribution in [0.3, 0.4) is 0 Å². The molecule has 156 valence electrons. The molecular formula is C20H25N9O. The van der Waals surface area contributed by atoms with E-state index in [0.29, 0.717) is 24.7 Å². The Balaban J connectivity index is 1.35. The first-order valence-electron chi connectivity index (χ1n) is 9.83. The lowest BCUT2D eigenvalue weighted by Gasteiger charge is -2.34. The summed E-state index contributed by atoms with van der Waals surface area (Å²) in [6, 6.07) is 7.96. The number of benzene rings is 1. The molecule has 30 heavy (non-hydrogen) atoms. The second-order valence-electron chi connectivity index (χ2n) is 7.48. The highest BCUT2D eigenvalue weighted by Gasteiger charge is 2.23. The third-order valence-corrected chi connectivity index (χ3v) is 5.06. The number of tetrazole rings is 1. The van der Waals surface area contributed by atoms with Crippen molar-refractivity contribution in [1.29, 1.82) is 0 Å². The molecule has 4 rings (SSSR count). The van der Waals surface area contributed by atoms with Crippen LogP contribution in [0.1, 0.15) is 18.1 Å². The molecule has 0 bridgehead atoms. The van der Waals surface area contributed by atoms with Gasteiger partial charge in [0.1, 0.15) is 0 Å². The maximum absolute atomic E-state index is 12.7. The Hall–Kier alpha value is -3.53. The lowest BCUT2D eigenvalue weighted by Crippen LogP contribution is -2.49. The summed E-state index contributed by atoms with van der Waals surface area (Å²) in [6.07, 6.45) is 1.67. The third-order valence-electron chi connectivity index (χ3n) is 5.06. The van der Waals surface area contributed by atoms with Crippen molar-refractivity contribution < 1.29 is 4.79 Å². The number of rotatable bonds is 5. The van der Waals surface area contributed by atoms with Gasteiger partial charge in [0.05, 0.1) is 0 Å². The van der Waals surface area contributed by atoms with Crippen LogP contribution in [0.25, 0.3) is 11.4 Å². The number of H-pyrrole nitrogens is 1. The van der Waals surface area contributed by atoms with Crippen molar-refractivity contribution in [2.45, 2.75) is 20.4 Å². The van der Waals surface area contributed by atoms with E-state index < -0.39 is 0 Å². The fourth-order valence-corrected chi connectivity index (χ4v) is 3.50. The van der Waals surface area contributed by atoms with Gasteiger partial charge in [-0.3, -0.25) is 4.90 Å². The molecule has 1 aliphatic rings. The van der Waals surface area contributed by atoms with Crippen LogP contribution in [0.15, 0.2) is 42.7 Å². The minimum Gasteiger partial charge on any atom is -0.343 e. The molecule has 1 saturated heterocycles. The Kier molecular flexibility index (Phi) is 5.57. The quantitative estimate of drug-likeness (QED) is 0.667. The van der Waals surface area contributed by atoms with Crippen LogP contribution < -0.4 is 5.32 Å². The monoisotopic (exact) mass is 407 g/mol. The van der Waals surface area contributed by atoms with Crippen molar-refractivity contribution in [2.75, 3.05) is 31.5 Å². The summed E-state index contributed by atoms with van der Waals surface area (Å²) >= 11 is 0. The van der Waals surface area contributed by atoms with Crippen molar-refractivity contribution in [3.05, 3.63) is 53.9 Å². The fourth-order valence-electron chi connectivity index (χ4n) is 3.50. The first-order valence-corrected chi connectivity index (χ1v) is 9.83. The van der Waals surface area contributed by atoms with E-state index in [4.69, 9.17) is 0 Å². The summed E-state index contributed by atoms with van der Waals surface area (Å²) in [5.41, 5.74) is 4.05. The van der Waals surface area contributed by atoms with E-state index in [1.807, 2.05) is 18.7 Å². The van der Waals surface area contributed by atoms with Gasteiger partial charge in [0.25, 0.3) is 0 Å². The Morgan fingerprint density at radius 2 is 2.03 bits per heavy atom. The molecule has 2 N–H and O–H groups in total. The number of carbonyl (C=O) groups is 1. The number of hydrogen-bond donors (Lipinski definition) is 2. The highest BCUT2D eigenvalue weighted by atomic mass is 16.2. The second-order valence-corrected chi connectivity index (χ2v) is 7.48. The standard InChI is InChI=1S/C20H25N9O/c1-14(2)21-18-6-7-29(24-18)20(30)28-10-8-27(9-11-28)13-16-5-4-15(3)17(12-16)19-22-25-26-23-19/h4-7,12H,1,8-11,13H2,2-3H3,(H,21,24)(H,22,23,25,26). The van der Waals surface area contributed by atoms with Gasteiger partial charge in [-0.2, -0.15) is 9.90 Å². The average Bonchev–Trinajstić information content (AvgIpc) is 3.41. The van der Waals surface area contributed by atoms with Gasteiger partial charge in [0.2, 0.25) is 5.82 Å². The Morgan fingerprint density at radius 1 is 1.23 bits per heavy atom. The summed E-state index contributed by atoms with van der Waals surface area (Å²) in [5, 5.41) is 21.6. The van der Waals surface area contributed by atoms with Gasteiger partial charge in [-0.05, 0) is 36.3 Å². The number of piperazine rings is 1. The molecule has 0 unspecified atom stereocenters. The van der Waals surface area contributed by atoms with Gasteiger partial charge >= 0.3 is 6.03 Å². The summed E-state index contributed by atoms with van der Waals surface area (Å²) in [6.45, 7) is 11.4. The van der Waals surface area contributed by atoms with Gasteiger partial charge in [0.15, 0.2) is 5.82 Å². The van der Waals surface area contributed by atoms with Crippen LogP contribution in [-0.4, -0.2) is 72.4 Å². The van der Waals surface area contributed by atoms with Gasteiger partial charge in [-0.25, -0.2) is 4.79 Å². The first-order chi connectivity index (χ1) is 14.5. The molecule has 10 heteroatoms. The lowest BCUT2D eigenvalue weighted by molar-refractivity contribution is 0.134. The predicted octanol–water partition coefficient (Wildman–Crippen LogP) is 2.10. The molecule has 1 fully saturated rings. The van der Waals surface area contributed by atoms with Crippen LogP contribution in [0, 0.1) is 6.92 Å². The largest absolute Gasteiger partial charge is 0.344 e. The molecule has 10 nitrogen and oxygen atoms in total.